The highest BCUT2D eigenvalue weighted by Crippen LogP contribution is 2.42. The minimum absolute atomic E-state index is 0.286. The van der Waals surface area contributed by atoms with Gasteiger partial charge >= 0.3 is 0 Å². The smallest absolute Gasteiger partial charge is 0.150 e. The molecule has 21 heavy (non-hydrogen) atoms. The van der Waals surface area contributed by atoms with Crippen molar-refractivity contribution in [2.24, 2.45) is 0 Å². The fourth-order valence-corrected chi connectivity index (χ4v) is 4.12. The molecular weight excluding hydrogens is 400 g/mol. The van der Waals surface area contributed by atoms with E-state index in [1.54, 1.807) is 7.11 Å². The second-order valence-corrected chi connectivity index (χ2v) is 7.11. The molecule has 1 aromatic carbocycles. The predicted octanol–water partition coefficient (Wildman–Crippen LogP) is 3.11. The first-order chi connectivity index (χ1) is 10.0. The van der Waals surface area contributed by atoms with Gasteiger partial charge in [-0.15, -0.1) is 0 Å². The minimum Gasteiger partial charge on any atom is -0.506 e. The van der Waals surface area contributed by atoms with Gasteiger partial charge in [0.15, 0.2) is 5.75 Å². The quantitative estimate of drug-likeness (QED) is 0.792. The van der Waals surface area contributed by atoms with Crippen molar-refractivity contribution in [1.29, 1.82) is 0 Å². The first kappa shape index (κ1) is 17.1. The van der Waals surface area contributed by atoms with E-state index in [2.05, 4.69) is 48.7 Å². The molecule has 0 aromatic heterocycles. The Hall–Kier alpha value is -0.300. The van der Waals surface area contributed by atoms with E-state index in [1.807, 2.05) is 6.07 Å². The number of rotatable bonds is 5. The number of halogens is 2. The largest absolute Gasteiger partial charge is 0.506 e. The van der Waals surface area contributed by atoms with E-state index in [4.69, 9.17) is 4.74 Å². The fraction of sp³-hybridized carbons (Fsp3) is 0.600. The van der Waals surface area contributed by atoms with Gasteiger partial charge in [0.1, 0.15) is 10.2 Å². The van der Waals surface area contributed by atoms with Crippen LogP contribution in [0.4, 0.5) is 0 Å². The molecule has 0 aliphatic carbocycles. The third kappa shape index (κ3) is 4.34. The number of aryl methyl sites for hydroxylation is 1. The Morgan fingerprint density at radius 1 is 1.24 bits per heavy atom. The van der Waals surface area contributed by atoms with Crippen LogP contribution in [0.2, 0.25) is 0 Å². The van der Waals surface area contributed by atoms with Crippen molar-refractivity contribution in [1.82, 2.24) is 9.80 Å². The van der Waals surface area contributed by atoms with Crippen molar-refractivity contribution in [2.75, 3.05) is 46.9 Å². The van der Waals surface area contributed by atoms with E-state index in [0.29, 0.717) is 10.2 Å². The third-order valence-corrected chi connectivity index (χ3v) is 5.27. The molecule has 1 N–H and O–H groups in total. The van der Waals surface area contributed by atoms with Crippen LogP contribution in [0, 0.1) is 0 Å². The van der Waals surface area contributed by atoms with Crippen molar-refractivity contribution in [3.05, 3.63) is 20.6 Å². The average Bonchev–Trinajstić information content (AvgIpc) is 2.47. The molecule has 0 amide bonds. The molecule has 0 saturated carbocycles. The lowest BCUT2D eigenvalue weighted by Crippen LogP contribution is -2.44. The summed E-state index contributed by atoms with van der Waals surface area (Å²) >= 11 is 6.88. The normalized spacial score (nSPS) is 17.1. The van der Waals surface area contributed by atoms with E-state index in [-0.39, 0.29) is 5.75 Å². The monoisotopic (exact) mass is 420 g/mol. The van der Waals surface area contributed by atoms with Gasteiger partial charge in [-0.25, -0.2) is 0 Å². The number of hydrogen-bond donors (Lipinski definition) is 1. The molecule has 0 bridgehead atoms. The van der Waals surface area contributed by atoms with Crippen molar-refractivity contribution < 1.29 is 9.84 Å². The van der Waals surface area contributed by atoms with Crippen LogP contribution in [0.3, 0.4) is 0 Å². The van der Waals surface area contributed by atoms with Crippen LogP contribution in [-0.4, -0.2) is 61.8 Å². The topological polar surface area (TPSA) is 35.9 Å². The van der Waals surface area contributed by atoms with E-state index in [1.165, 1.54) is 0 Å². The van der Waals surface area contributed by atoms with Gasteiger partial charge in [-0.2, -0.15) is 0 Å². The van der Waals surface area contributed by atoms with Crippen LogP contribution in [0.15, 0.2) is 15.0 Å². The van der Waals surface area contributed by atoms with Crippen LogP contribution >= 0.6 is 31.9 Å². The summed E-state index contributed by atoms with van der Waals surface area (Å²) in [5.41, 5.74) is 0.948. The number of hydrogen-bond acceptors (Lipinski definition) is 4. The molecule has 0 spiro atoms. The van der Waals surface area contributed by atoms with E-state index < -0.39 is 0 Å². The van der Waals surface area contributed by atoms with Gasteiger partial charge in [0.05, 0.1) is 11.6 Å². The summed E-state index contributed by atoms with van der Waals surface area (Å²) in [6.07, 6.45) is 1.90. The Balaban J connectivity index is 1.91. The summed E-state index contributed by atoms with van der Waals surface area (Å²) in [5.74, 6) is 0.920. The zero-order chi connectivity index (χ0) is 15.4. The highest BCUT2D eigenvalue weighted by atomic mass is 79.9. The Morgan fingerprint density at radius 3 is 2.52 bits per heavy atom. The lowest BCUT2D eigenvalue weighted by molar-refractivity contribution is 0.153. The molecule has 1 heterocycles. The Bertz CT molecular complexity index is 489. The maximum atomic E-state index is 10.2. The van der Waals surface area contributed by atoms with Gasteiger partial charge in [0.2, 0.25) is 0 Å². The molecule has 1 saturated heterocycles. The molecule has 0 radical (unpaired) electrons. The minimum atomic E-state index is 0.286. The molecule has 2 rings (SSSR count). The van der Waals surface area contributed by atoms with Crippen LogP contribution in [0.25, 0.3) is 0 Å². The van der Waals surface area contributed by atoms with Crippen LogP contribution in [0.5, 0.6) is 11.5 Å². The molecule has 1 fully saturated rings. The van der Waals surface area contributed by atoms with Gasteiger partial charge in [0.25, 0.3) is 0 Å². The highest BCUT2D eigenvalue weighted by Gasteiger charge is 2.16. The number of aromatic hydroxyl groups is 1. The molecule has 6 heteroatoms. The number of likely N-dealkylation sites (N-methyl/N-ethyl adjacent to an activating group) is 1. The van der Waals surface area contributed by atoms with Crippen molar-refractivity contribution in [3.63, 3.8) is 0 Å². The molecule has 0 atom stereocenters. The average molecular weight is 422 g/mol. The van der Waals surface area contributed by atoms with Crippen molar-refractivity contribution >= 4 is 31.9 Å². The summed E-state index contributed by atoms with van der Waals surface area (Å²) in [7, 11) is 3.76. The van der Waals surface area contributed by atoms with Crippen LogP contribution in [0.1, 0.15) is 12.0 Å². The van der Waals surface area contributed by atoms with Crippen LogP contribution < -0.4 is 4.74 Å². The molecule has 0 unspecified atom stereocenters. The summed E-state index contributed by atoms with van der Waals surface area (Å²) in [4.78, 5) is 4.85. The maximum absolute atomic E-state index is 10.2. The first-order valence-corrected chi connectivity index (χ1v) is 8.76. The summed E-state index contributed by atoms with van der Waals surface area (Å²) in [5, 5.41) is 10.2. The van der Waals surface area contributed by atoms with E-state index >= 15 is 0 Å². The van der Waals surface area contributed by atoms with E-state index in [0.717, 1.165) is 55.6 Å². The lowest BCUT2D eigenvalue weighted by atomic mass is 10.1. The van der Waals surface area contributed by atoms with E-state index in [9.17, 15) is 5.11 Å². The second-order valence-electron chi connectivity index (χ2n) is 5.46. The molecule has 1 aliphatic rings. The summed E-state index contributed by atoms with van der Waals surface area (Å²) in [6, 6.07) is 1.95. The van der Waals surface area contributed by atoms with Gasteiger partial charge in [-0.1, -0.05) is 0 Å². The fourth-order valence-electron chi connectivity index (χ4n) is 2.58. The Labute approximate surface area is 143 Å². The number of piperazine rings is 1. The Kier molecular flexibility index (Phi) is 6.34. The third-order valence-electron chi connectivity index (χ3n) is 3.95. The maximum Gasteiger partial charge on any atom is 0.150 e. The molecule has 4 nitrogen and oxygen atoms in total. The zero-order valence-corrected chi connectivity index (χ0v) is 15.7. The van der Waals surface area contributed by atoms with Gasteiger partial charge < -0.3 is 19.6 Å². The lowest BCUT2D eigenvalue weighted by Gasteiger charge is -2.32. The summed E-state index contributed by atoms with van der Waals surface area (Å²) < 4.78 is 6.74. The number of phenolic OH excluding ortho intramolecular Hbond substituents is 1. The number of ether oxygens (including phenoxy) is 1. The summed E-state index contributed by atoms with van der Waals surface area (Å²) in [6.45, 7) is 5.64. The number of methoxy groups -OCH3 is 1. The van der Waals surface area contributed by atoms with Crippen LogP contribution in [-0.2, 0) is 6.42 Å². The van der Waals surface area contributed by atoms with Gasteiger partial charge in [-0.05, 0) is 69.9 Å². The predicted molar refractivity (Wildman–Crippen MR) is 92.3 cm³/mol. The molecule has 1 aliphatic heterocycles. The van der Waals surface area contributed by atoms with Gasteiger partial charge in [-0.3, -0.25) is 0 Å². The SMILES string of the molecule is COc1c(Br)cc(CCCN2CCN(C)CC2)c(O)c1Br. The molecule has 118 valence electrons. The number of benzene rings is 1. The highest BCUT2D eigenvalue weighted by molar-refractivity contribution is 9.11. The molecule has 1 aromatic rings. The van der Waals surface area contributed by atoms with Gasteiger partial charge in [0, 0.05) is 26.2 Å². The standard InChI is InChI=1S/C15H22Br2N2O2/c1-18-6-8-19(9-7-18)5-3-4-11-10-12(16)15(21-2)13(17)14(11)20/h10,20H,3-9H2,1-2H3. The number of nitrogens with zero attached hydrogens (tertiary/aromatic N) is 2. The van der Waals surface area contributed by atoms with Crippen molar-refractivity contribution in [3.8, 4) is 11.5 Å². The first-order valence-electron chi connectivity index (χ1n) is 7.17. The van der Waals surface area contributed by atoms with Crippen molar-refractivity contribution in [2.45, 2.75) is 12.8 Å². The number of phenols is 1. The molecular formula is C15H22Br2N2O2. The zero-order valence-electron chi connectivity index (χ0n) is 12.5. The second kappa shape index (κ2) is 7.81. The Morgan fingerprint density at radius 2 is 1.90 bits per heavy atom.